The molecule has 0 unspecified atom stereocenters. The maximum Gasteiger partial charge on any atom is 0.255 e. The minimum atomic E-state index is -0.214. The monoisotopic (exact) mass is 446 g/mol. The highest BCUT2D eigenvalue weighted by Crippen LogP contribution is 2.38. The van der Waals surface area contributed by atoms with Crippen molar-refractivity contribution in [2.45, 2.75) is 19.4 Å². The maximum atomic E-state index is 13.1. The molecule has 33 heavy (non-hydrogen) atoms. The second kappa shape index (κ2) is 10.4. The average Bonchev–Trinajstić information content (AvgIpc) is 2.87. The Kier molecular flexibility index (Phi) is 7.15. The number of carbonyl (C=O) groups excluding carboxylic acids is 1. The Hall–Kier alpha value is -3.51. The molecule has 1 aliphatic rings. The van der Waals surface area contributed by atoms with Crippen molar-refractivity contribution in [1.29, 1.82) is 0 Å². The zero-order valence-electron chi connectivity index (χ0n) is 19.4. The number of benzene rings is 3. The predicted molar refractivity (Wildman–Crippen MR) is 130 cm³/mol. The summed E-state index contributed by atoms with van der Waals surface area (Å²) in [6, 6.07) is 20.0. The highest BCUT2D eigenvalue weighted by atomic mass is 16.5. The summed E-state index contributed by atoms with van der Waals surface area (Å²) < 4.78 is 16.1. The maximum absolute atomic E-state index is 13.1. The number of hydrogen-bond acceptors (Lipinski definition) is 5. The number of anilines is 1. The molecule has 3 aromatic rings. The van der Waals surface area contributed by atoms with E-state index in [0.29, 0.717) is 22.8 Å². The van der Waals surface area contributed by atoms with Crippen molar-refractivity contribution in [1.82, 2.24) is 4.90 Å². The molecule has 0 saturated carbocycles. The molecule has 1 amide bonds. The topological polar surface area (TPSA) is 60.0 Å². The van der Waals surface area contributed by atoms with Crippen molar-refractivity contribution in [2.24, 2.45) is 0 Å². The predicted octanol–water partition coefficient (Wildman–Crippen LogP) is 4.57. The minimum absolute atomic E-state index is 0.214. The molecule has 1 N–H and O–H groups in total. The fourth-order valence-electron chi connectivity index (χ4n) is 4.31. The lowest BCUT2D eigenvalue weighted by Crippen LogP contribution is -2.32. The Labute approximate surface area is 195 Å². The van der Waals surface area contributed by atoms with Gasteiger partial charge in [-0.2, -0.15) is 0 Å². The van der Waals surface area contributed by atoms with Gasteiger partial charge in [-0.25, -0.2) is 0 Å². The molecular formula is C27H30N2O4. The fourth-order valence-corrected chi connectivity index (χ4v) is 4.31. The van der Waals surface area contributed by atoms with Crippen LogP contribution in [0.5, 0.6) is 17.2 Å². The van der Waals surface area contributed by atoms with E-state index < -0.39 is 0 Å². The van der Waals surface area contributed by atoms with E-state index in [0.717, 1.165) is 38.2 Å². The third-order valence-corrected chi connectivity index (χ3v) is 6.08. The molecule has 0 radical (unpaired) electrons. The molecule has 0 fully saturated rings. The Morgan fingerprint density at radius 2 is 1.67 bits per heavy atom. The molecule has 0 aromatic heterocycles. The van der Waals surface area contributed by atoms with Crippen LogP contribution in [0.25, 0.3) is 0 Å². The Morgan fingerprint density at radius 3 is 2.33 bits per heavy atom. The molecule has 6 heteroatoms. The van der Waals surface area contributed by atoms with Crippen LogP contribution in [0.2, 0.25) is 0 Å². The molecule has 0 saturated heterocycles. The number of amides is 1. The van der Waals surface area contributed by atoms with Gasteiger partial charge in [0.2, 0.25) is 5.75 Å². The van der Waals surface area contributed by atoms with Crippen LogP contribution in [0.4, 0.5) is 5.69 Å². The highest BCUT2D eigenvalue weighted by Gasteiger charge is 2.21. The lowest BCUT2D eigenvalue weighted by molar-refractivity contribution is 0.102. The molecule has 6 nitrogen and oxygen atoms in total. The molecule has 3 aromatic carbocycles. The third-order valence-electron chi connectivity index (χ3n) is 6.08. The Balaban J connectivity index is 1.48. The van der Waals surface area contributed by atoms with Crippen molar-refractivity contribution in [3.05, 3.63) is 82.9 Å². The van der Waals surface area contributed by atoms with Gasteiger partial charge >= 0.3 is 0 Å². The SMILES string of the molecule is COc1cc(C(=O)Nc2cccc3c2CCN(CCc2ccccc2)C3)cc(OC)c1OC. The van der Waals surface area contributed by atoms with Gasteiger partial charge in [0.05, 0.1) is 21.3 Å². The fraction of sp³-hybridized carbons (Fsp3) is 0.296. The molecule has 0 aliphatic carbocycles. The van der Waals surface area contributed by atoms with Crippen LogP contribution in [0.1, 0.15) is 27.0 Å². The Morgan fingerprint density at radius 1 is 0.939 bits per heavy atom. The van der Waals surface area contributed by atoms with E-state index in [1.807, 2.05) is 12.1 Å². The normalized spacial score (nSPS) is 13.2. The van der Waals surface area contributed by atoms with Gasteiger partial charge in [-0.05, 0) is 47.7 Å². The molecule has 0 spiro atoms. The molecular weight excluding hydrogens is 416 g/mol. The second-order valence-corrected chi connectivity index (χ2v) is 8.07. The van der Waals surface area contributed by atoms with Gasteiger partial charge in [0.25, 0.3) is 5.91 Å². The van der Waals surface area contributed by atoms with Gasteiger partial charge in [-0.1, -0.05) is 42.5 Å². The van der Waals surface area contributed by atoms with E-state index in [2.05, 4.69) is 46.6 Å². The summed E-state index contributed by atoms with van der Waals surface area (Å²) in [5.74, 6) is 1.15. The van der Waals surface area contributed by atoms with Gasteiger partial charge in [-0.15, -0.1) is 0 Å². The summed E-state index contributed by atoms with van der Waals surface area (Å²) in [6.07, 6.45) is 1.93. The number of methoxy groups -OCH3 is 3. The van der Waals surface area contributed by atoms with Crippen LogP contribution >= 0.6 is 0 Å². The average molecular weight is 447 g/mol. The first-order chi connectivity index (χ1) is 16.1. The largest absolute Gasteiger partial charge is 0.493 e. The highest BCUT2D eigenvalue weighted by molar-refractivity contribution is 6.05. The zero-order valence-corrected chi connectivity index (χ0v) is 19.4. The number of rotatable bonds is 8. The summed E-state index contributed by atoms with van der Waals surface area (Å²) >= 11 is 0. The number of hydrogen-bond donors (Lipinski definition) is 1. The standard InChI is InChI=1S/C27H30N2O4/c1-31-24-16-21(17-25(32-2)26(24)33-3)27(30)28-23-11-7-10-20-18-29(15-13-22(20)23)14-12-19-8-5-4-6-9-19/h4-11,16-17H,12-15,18H2,1-3H3,(H,28,30). The molecule has 4 rings (SSSR count). The van der Waals surface area contributed by atoms with E-state index >= 15 is 0 Å². The zero-order chi connectivity index (χ0) is 23.2. The Bertz CT molecular complexity index is 1090. The third kappa shape index (κ3) is 5.12. The quantitative estimate of drug-likeness (QED) is 0.550. The number of fused-ring (bicyclic) bond motifs is 1. The van der Waals surface area contributed by atoms with E-state index in [1.54, 1.807) is 19.2 Å². The number of carbonyl (C=O) groups is 1. The van der Waals surface area contributed by atoms with Crippen molar-refractivity contribution in [3.63, 3.8) is 0 Å². The molecule has 172 valence electrons. The van der Waals surface area contributed by atoms with Crippen LogP contribution in [0.3, 0.4) is 0 Å². The van der Waals surface area contributed by atoms with Gasteiger partial charge in [0.1, 0.15) is 0 Å². The van der Waals surface area contributed by atoms with E-state index in [4.69, 9.17) is 14.2 Å². The molecule has 0 bridgehead atoms. The van der Waals surface area contributed by atoms with Crippen LogP contribution in [0.15, 0.2) is 60.7 Å². The summed E-state index contributed by atoms with van der Waals surface area (Å²) in [7, 11) is 4.62. The minimum Gasteiger partial charge on any atom is -0.493 e. The summed E-state index contributed by atoms with van der Waals surface area (Å²) in [4.78, 5) is 15.6. The smallest absolute Gasteiger partial charge is 0.255 e. The number of nitrogens with zero attached hydrogens (tertiary/aromatic N) is 1. The van der Waals surface area contributed by atoms with Crippen LogP contribution in [0, 0.1) is 0 Å². The van der Waals surface area contributed by atoms with Crippen LogP contribution in [-0.2, 0) is 19.4 Å². The molecule has 0 atom stereocenters. The van der Waals surface area contributed by atoms with Crippen molar-refractivity contribution in [3.8, 4) is 17.2 Å². The van der Waals surface area contributed by atoms with E-state index in [-0.39, 0.29) is 5.91 Å². The van der Waals surface area contributed by atoms with Crippen molar-refractivity contribution < 1.29 is 19.0 Å². The van der Waals surface area contributed by atoms with Crippen LogP contribution < -0.4 is 19.5 Å². The first-order valence-corrected chi connectivity index (χ1v) is 11.1. The second-order valence-electron chi connectivity index (χ2n) is 8.07. The summed E-state index contributed by atoms with van der Waals surface area (Å²) in [6.45, 7) is 2.87. The lowest BCUT2D eigenvalue weighted by Gasteiger charge is -2.30. The molecule has 1 heterocycles. The van der Waals surface area contributed by atoms with Gasteiger partial charge in [0.15, 0.2) is 11.5 Å². The van der Waals surface area contributed by atoms with Gasteiger partial charge in [0, 0.05) is 30.9 Å². The van der Waals surface area contributed by atoms with Crippen molar-refractivity contribution >= 4 is 11.6 Å². The first kappa shape index (κ1) is 22.7. The lowest BCUT2D eigenvalue weighted by atomic mass is 9.97. The van der Waals surface area contributed by atoms with Gasteiger partial charge in [-0.3, -0.25) is 9.69 Å². The van der Waals surface area contributed by atoms with Gasteiger partial charge < -0.3 is 19.5 Å². The van der Waals surface area contributed by atoms with Crippen LogP contribution in [-0.4, -0.2) is 45.2 Å². The van der Waals surface area contributed by atoms with Crippen molar-refractivity contribution in [2.75, 3.05) is 39.7 Å². The number of ether oxygens (including phenoxy) is 3. The summed E-state index contributed by atoms with van der Waals surface area (Å²) in [5, 5.41) is 3.09. The van der Waals surface area contributed by atoms with E-state index in [9.17, 15) is 4.79 Å². The number of nitrogens with one attached hydrogen (secondary N) is 1. The first-order valence-electron chi connectivity index (χ1n) is 11.1. The summed E-state index contributed by atoms with van der Waals surface area (Å²) in [5.41, 5.74) is 5.12. The van der Waals surface area contributed by atoms with E-state index in [1.165, 1.54) is 30.9 Å². The molecule has 1 aliphatic heterocycles.